The van der Waals surface area contributed by atoms with Crippen molar-refractivity contribution in [2.45, 2.75) is 13.8 Å². The maximum atomic E-state index is 5.38. The summed E-state index contributed by atoms with van der Waals surface area (Å²) in [4.78, 5) is 0. The molecule has 0 saturated heterocycles. The van der Waals surface area contributed by atoms with Gasteiger partial charge in [0.2, 0.25) is 0 Å². The lowest BCUT2D eigenvalue weighted by molar-refractivity contribution is 0.296. The average molecular weight is 165 g/mol. The first kappa shape index (κ1) is 9.07. The van der Waals surface area contributed by atoms with Gasteiger partial charge in [0, 0.05) is 0 Å². The predicted octanol–water partition coefficient (Wildman–Crippen LogP) is 1.86. The molecule has 1 rings (SSSR count). The monoisotopic (exact) mass is 165 g/mol. The predicted molar refractivity (Wildman–Crippen MR) is 50.5 cm³/mol. The summed E-state index contributed by atoms with van der Waals surface area (Å²) in [6.07, 6.45) is 0. The Bertz CT molecular complexity index is 258. The van der Waals surface area contributed by atoms with Crippen molar-refractivity contribution in [1.82, 2.24) is 5.32 Å². The van der Waals surface area contributed by atoms with Gasteiger partial charge in [-0.05, 0) is 44.2 Å². The SMILES string of the molecule is CNCOc1ccc(C)c(C)c1. The van der Waals surface area contributed by atoms with E-state index in [9.17, 15) is 0 Å². The van der Waals surface area contributed by atoms with Crippen LogP contribution in [-0.4, -0.2) is 13.8 Å². The van der Waals surface area contributed by atoms with Crippen LogP contribution in [0.4, 0.5) is 0 Å². The molecule has 0 aromatic heterocycles. The highest BCUT2D eigenvalue weighted by Crippen LogP contribution is 2.15. The first-order valence-electron chi connectivity index (χ1n) is 4.08. The van der Waals surface area contributed by atoms with Gasteiger partial charge in [0.1, 0.15) is 12.5 Å². The molecule has 0 saturated carbocycles. The molecule has 0 spiro atoms. The van der Waals surface area contributed by atoms with Crippen LogP contribution >= 0.6 is 0 Å². The minimum Gasteiger partial charge on any atom is -0.478 e. The van der Waals surface area contributed by atoms with Gasteiger partial charge in [0.05, 0.1) is 0 Å². The summed E-state index contributed by atoms with van der Waals surface area (Å²) in [5.41, 5.74) is 2.57. The Morgan fingerprint density at radius 2 is 2.00 bits per heavy atom. The van der Waals surface area contributed by atoms with Crippen molar-refractivity contribution < 1.29 is 4.74 Å². The number of ether oxygens (including phenoxy) is 1. The molecule has 0 bridgehead atoms. The van der Waals surface area contributed by atoms with Gasteiger partial charge in [-0.3, -0.25) is 5.32 Å². The van der Waals surface area contributed by atoms with E-state index in [0.717, 1.165) is 5.75 Å². The number of hydrogen-bond acceptors (Lipinski definition) is 2. The lowest BCUT2D eigenvalue weighted by Crippen LogP contribution is -2.14. The summed E-state index contributed by atoms with van der Waals surface area (Å²) >= 11 is 0. The minimum absolute atomic E-state index is 0.558. The van der Waals surface area contributed by atoms with Crippen molar-refractivity contribution >= 4 is 0 Å². The quantitative estimate of drug-likeness (QED) is 0.690. The van der Waals surface area contributed by atoms with E-state index in [4.69, 9.17) is 4.74 Å². The van der Waals surface area contributed by atoms with Crippen LogP contribution in [-0.2, 0) is 0 Å². The largest absolute Gasteiger partial charge is 0.478 e. The maximum absolute atomic E-state index is 5.38. The van der Waals surface area contributed by atoms with Crippen LogP contribution in [0.3, 0.4) is 0 Å². The van der Waals surface area contributed by atoms with E-state index in [1.807, 2.05) is 19.2 Å². The van der Waals surface area contributed by atoms with Crippen molar-refractivity contribution in [3.8, 4) is 5.75 Å². The Labute approximate surface area is 73.6 Å². The Balaban J connectivity index is 2.69. The van der Waals surface area contributed by atoms with Crippen molar-refractivity contribution in [3.63, 3.8) is 0 Å². The molecule has 0 atom stereocenters. The maximum Gasteiger partial charge on any atom is 0.139 e. The van der Waals surface area contributed by atoms with Gasteiger partial charge < -0.3 is 4.74 Å². The third kappa shape index (κ3) is 2.24. The summed E-state index contributed by atoms with van der Waals surface area (Å²) in [5, 5.41) is 2.93. The fraction of sp³-hybridized carbons (Fsp3) is 0.400. The first-order valence-corrected chi connectivity index (χ1v) is 4.08. The second-order valence-corrected chi connectivity index (χ2v) is 2.89. The molecule has 0 aliphatic rings. The fourth-order valence-electron chi connectivity index (χ4n) is 0.959. The summed E-state index contributed by atoms with van der Waals surface area (Å²) in [6.45, 7) is 4.74. The zero-order valence-electron chi connectivity index (χ0n) is 7.85. The van der Waals surface area contributed by atoms with Crippen LogP contribution in [0.15, 0.2) is 18.2 Å². The fourth-order valence-corrected chi connectivity index (χ4v) is 0.959. The van der Waals surface area contributed by atoms with E-state index in [-0.39, 0.29) is 0 Å². The lowest BCUT2D eigenvalue weighted by Gasteiger charge is -2.06. The molecule has 2 heteroatoms. The first-order chi connectivity index (χ1) is 5.74. The van der Waals surface area contributed by atoms with Gasteiger partial charge in [0.15, 0.2) is 0 Å². The van der Waals surface area contributed by atoms with E-state index < -0.39 is 0 Å². The molecule has 0 unspecified atom stereocenters. The number of rotatable bonds is 3. The average Bonchev–Trinajstić information content (AvgIpc) is 2.07. The Morgan fingerprint density at radius 1 is 1.25 bits per heavy atom. The van der Waals surface area contributed by atoms with Gasteiger partial charge in [-0.1, -0.05) is 6.07 Å². The van der Waals surface area contributed by atoms with E-state index in [1.165, 1.54) is 11.1 Å². The van der Waals surface area contributed by atoms with E-state index >= 15 is 0 Å². The van der Waals surface area contributed by atoms with Gasteiger partial charge in [-0.2, -0.15) is 0 Å². The molecule has 1 N–H and O–H groups in total. The Kier molecular flexibility index (Phi) is 3.11. The van der Waals surface area contributed by atoms with Crippen LogP contribution in [0, 0.1) is 13.8 Å². The van der Waals surface area contributed by atoms with E-state index in [2.05, 4.69) is 25.2 Å². The second kappa shape index (κ2) is 4.12. The molecule has 66 valence electrons. The molecule has 1 aromatic rings. The molecule has 1 aromatic carbocycles. The van der Waals surface area contributed by atoms with Crippen LogP contribution in [0.2, 0.25) is 0 Å². The molecule has 0 radical (unpaired) electrons. The number of nitrogens with one attached hydrogen (secondary N) is 1. The van der Waals surface area contributed by atoms with Crippen molar-refractivity contribution in [2.24, 2.45) is 0 Å². The van der Waals surface area contributed by atoms with Gasteiger partial charge in [-0.15, -0.1) is 0 Å². The lowest BCUT2D eigenvalue weighted by atomic mass is 10.1. The normalized spacial score (nSPS) is 9.92. The second-order valence-electron chi connectivity index (χ2n) is 2.89. The molecule has 2 nitrogen and oxygen atoms in total. The standard InChI is InChI=1S/C10H15NO/c1-8-4-5-10(6-9(8)2)12-7-11-3/h4-6,11H,7H2,1-3H3. The molecule has 0 heterocycles. The molecular formula is C10H15NO. The zero-order chi connectivity index (χ0) is 8.97. The van der Waals surface area contributed by atoms with Crippen molar-refractivity contribution in [1.29, 1.82) is 0 Å². The highest BCUT2D eigenvalue weighted by Gasteiger charge is 1.95. The van der Waals surface area contributed by atoms with Gasteiger partial charge in [-0.25, -0.2) is 0 Å². The third-order valence-corrected chi connectivity index (χ3v) is 1.86. The summed E-state index contributed by atoms with van der Waals surface area (Å²) in [5.74, 6) is 0.924. The van der Waals surface area contributed by atoms with Crippen LogP contribution < -0.4 is 10.1 Å². The molecule has 0 aliphatic carbocycles. The van der Waals surface area contributed by atoms with Crippen LogP contribution in [0.1, 0.15) is 11.1 Å². The van der Waals surface area contributed by atoms with E-state index in [0.29, 0.717) is 6.73 Å². The number of benzene rings is 1. The number of hydrogen-bond donors (Lipinski definition) is 1. The summed E-state index contributed by atoms with van der Waals surface area (Å²) in [7, 11) is 1.86. The molecule has 12 heavy (non-hydrogen) atoms. The molecule has 0 fully saturated rings. The smallest absolute Gasteiger partial charge is 0.139 e. The highest BCUT2D eigenvalue weighted by molar-refractivity contribution is 5.33. The molecule has 0 aliphatic heterocycles. The van der Waals surface area contributed by atoms with Gasteiger partial charge in [0.25, 0.3) is 0 Å². The molecule has 0 amide bonds. The highest BCUT2D eigenvalue weighted by atomic mass is 16.5. The Morgan fingerprint density at radius 3 is 2.58 bits per heavy atom. The van der Waals surface area contributed by atoms with E-state index in [1.54, 1.807) is 0 Å². The zero-order valence-corrected chi connectivity index (χ0v) is 7.85. The van der Waals surface area contributed by atoms with Gasteiger partial charge >= 0.3 is 0 Å². The van der Waals surface area contributed by atoms with Crippen molar-refractivity contribution in [2.75, 3.05) is 13.8 Å². The summed E-state index contributed by atoms with van der Waals surface area (Å²) < 4.78 is 5.38. The van der Waals surface area contributed by atoms with Crippen molar-refractivity contribution in [3.05, 3.63) is 29.3 Å². The minimum atomic E-state index is 0.558. The summed E-state index contributed by atoms with van der Waals surface area (Å²) in [6, 6.07) is 6.10. The third-order valence-electron chi connectivity index (χ3n) is 1.86. The Hall–Kier alpha value is -1.02. The van der Waals surface area contributed by atoms with Crippen LogP contribution in [0.5, 0.6) is 5.75 Å². The number of aryl methyl sites for hydroxylation is 2. The molecular weight excluding hydrogens is 150 g/mol. The van der Waals surface area contributed by atoms with Crippen LogP contribution in [0.25, 0.3) is 0 Å². The topological polar surface area (TPSA) is 21.3 Å².